The molecule has 0 amide bonds. The Morgan fingerprint density at radius 2 is 2.12 bits per heavy atom. The van der Waals surface area contributed by atoms with Crippen molar-refractivity contribution in [1.82, 2.24) is 4.90 Å². The maximum Gasteiger partial charge on any atom is 0.123 e. The fraction of sp³-hybridized carbons (Fsp3) is 0.500. The summed E-state index contributed by atoms with van der Waals surface area (Å²) >= 11 is 1.73. The van der Waals surface area contributed by atoms with Crippen LogP contribution in [0.1, 0.15) is 6.42 Å². The summed E-state index contributed by atoms with van der Waals surface area (Å²) < 4.78 is 12.7. The number of aliphatic hydroxyl groups excluding tert-OH is 1. The van der Waals surface area contributed by atoms with Crippen LogP contribution in [0.15, 0.2) is 29.2 Å². The van der Waals surface area contributed by atoms with Gasteiger partial charge >= 0.3 is 0 Å². The van der Waals surface area contributed by atoms with Gasteiger partial charge in [-0.25, -0.2) is 4.39 Å². The van der Waals surface area contributed by atoms with Crippen LogP contribution in [-0.2, 0) is 0 Å². The van der Waals surface area contributed by atoms with E-state index in [2.05, 4.69) is 4.90 Å². The van der Waals surface area contributed by atoms with Crippen LogP contribution in [-0.4, -0.2) is 41.5 Å². The third-order valence-electron chi connectivity index (χ3n) is 2.74. The van der Waals surface area contributed by atoms with E-state index >= 15 is 0 Å². The zero-order valence-corrected chi connectivity index (χ0v) is 9.92. The molecule has 0 radical (unpaired) electrons. The first-order chi connectivity index (χ1) is 7.74. The van der Waals surface area contributed by atoms with E-state index in [0.29, 0.717) is 0 Å². The van der Waals surface area contributed by atoms with Crippen molar-refractivity contribution in [2.45, 2.75) is 17.4 Å². The predicted molar refractivity (Wildman–Crippen MR) is 64.2 cm³/mol. The molecule has 1 N–H and O–H groups in total. The van der Waals surface area contributed by atoms with Crippen molar-refractivity contribution in [2.24, 2.45) is 0 Å². The summed E-state index contributed by atoms with van der Waals surface area (Å²) in [6.45, 7) is 2.77. The number of halogens is 1. The minimum absolute atomic E-state index is 0.143. The number of thioether (sulfide) groups is 1. The van der Waals surface area contributed by atoms with E-state index in [9.17, 15) is 9.50 Å². The maximum absolute atomic E-state index is 12.7. The lowest BCUT2D eigenvalue weighted by molar-refractivity contribution is 0.178. The SMILES string of the molecule is O[C@H]1CCN(CCSc2ccc(F)cc2)C1. The molecule has 1 fully saturated rings. The van der Waals surface area contributed by atoms with Gasteiger partial charge in [0.15, 0.2) is 0 Å². The van der Waals surface area contributed by atoms with Crippen molar-refractivity contribution >= 4 is 11.8 Å². The Bertz CT molecular complexity index is 330. The lowest BCUT2D eigenvalue weighted by atomic mass is 10.3. The van der Waals surface area contributed by atoms with Crippen LogP contribution in [0.4, 0.5) is 4.39 Å². The molecule has 1 heterocycles. The summed E-state index contributed by atoms with van der Waals surface area (Å²) in [4.78, 5) is 3.36. The molecule has 0 aliphatic carbocycles. The number of β-amino-alcohol motifs (C(OH)–C–C–N with tert-alkyl or cyclic N) is 1. The second-order valence-electron chi connectivity index (χ2n) is 4.05. The molecular weight excluding hydrogens is 225 g/mol. The zero-order chi connectivity index (χ0) is 11.4. The molecule has 1 aliphatic heterocycles. The largest absolute Gasteiger partial charge is 0.392 e. The van der Waals surface area contributed by atoms with E-state index in [-0.39, 0.29) is 11.9 Å². The van der Waals surface area contributed by atoms with E-state index in [0.717, 1.165) is 36.7 Å². The monoisotopic (exact) mass is 241 g/mol. The standard InChI is InChI=1S/C12H16FNOS/c13-10-1-3-12(4-2-10)16-8-7-14-6-5-11(15)9-14/h1-4,11,15H,5-9H2/t11-/m0/s1. The molecule has 4 heteroatoms. The highest BCUT2D eigenvalue weighted by Crippen LogP contribution is 2.19. The number of likely N-dealkylation sites (tertiary alicyclic amines) is 1. The number of aliphatic hydroxyl groups is 1. The molecule has 1 aromatic rings. The summed E-state index contributed by atoms with van der Waals surface area (Å²) in [5, 5.41) is 9.36. The van der Waals surface area contributed by atoms with Crippen molar-refractivity contribution in [3.8, 4) is 0 Å². The van der Waals surface area contributed by atoms with Crippen LogP contribution in [0, 0.1) is 5.82 Å². The molecule has 0 aromatic heterocycles. The van der Waals surface area contributed by atoms with Gasteiger partial charge in [-0.1, -0.05) is 0 Å². The van der Waals surface area contributed by atoms with Crippen LogP contribution >= 0.6 is 11.8 Å². The van der Waals surface area contributed by atoms with E-state index in [1.54, 1.807) is 23.9 Å². The van der Waals surface area contributed by atoms with Gasteiger partial charge in [-0.2, -0.15) is 0 Å². The van der Waals surface area contributed by atoms with Gasteiger partial charge in [0, 0.05) is 30.3 Å². The molecule has 0 spiro atoms. The summed E-state index contributed by atoms with van der Waals surface area (Å²) in [5.74, 6) is 0.797. The van der Waals surface area contributed by atoms with Gasteiger partial charge in [-0.15, -0.1) is 11.8 Å². The Morgan fingerprint density at radius 1 is 1.38 bits per heavy atom. The van der Waals surface area contributed by atoms with Crippen molar-refractivity contribution < 1.29 is 9.50 Å². The second-order valence-corrected chi connectivity index (χ2v) is 5.21. The second kappa shape index (κ2) is 5.66. The van der Waals surface area contributed by atoms with Gasteiger partial charge < -0.3 is 5.11 Å². The fourth-order valence-electron chi connectivity index (χ4n) is 1.84. The lowest BCUT2D eigenvalue weighted by Gasteiger charge is -2.13. The van der Waals surface area contributed by atoms with Crippen LogP contribution in [0.2, 0.25) is 0 Å². The van der Waals surface area contributed by atoms with Gasteiger partial charge in [0.25, 0.3) is 0 Å². The highest BCUT2D eigenvalue weighted by Gasteiger charge is 2.19. The van der Waals surface area contributed by atoms with E-state index in [1.807, 2.05) is 0 Å². The van der Waals surface area contributed by atoms with Crippen molar-refractivity contribution in [2.75, 3.05) is 25.4 Å². The molecule has 1 atom stereocenters. The van der Waals surface area contributed by atoms with E-state index in [4.69, 9.17) is 0 Å². The van der Waals surface area contributed by atoms with Crippen molar-refractivity contribution in [1.29, 1.82) is 0 Å². The molecule has 16 heavy (non-hydrogen) atoms. The molecule has 1 saturated heterocycles. The van der Waals surface area contributed by atoms with Gasteiger partial charge in [-0.3, -0.25) is 4.90 Å². The van der Waals surface area contributed by atoms with Crippen molar-refractivity contribution in [3.05, 3.63) is 30.1 Å². The first-order valence-corrected chi connectivity index (χ1v) is 6.51. The van der Waals surface area contributed by atoms with Crippen LogP contribution < -0.4 is 0 Å². The van der Waals surface area contributed by atoms with E-state index in [1.165, 1.54) is 12.1 Å². The third-order valence-corrected chi connectivity index (χ3v) is 3.73. The van der Waals surface area contributed by atoms with Gasteiger partial charge in [0.1, 0.15) is 5.82 Å². The van der Waals surface area contributed by atoms with Crippen molar-refractivity contribution in [3.63, 3.8) is 0 Å². The zero-order valence-electron chi connectivity index (χ0n) is 9.10. The highest BCUT2D eigenvalue weighted by atomic mass is 32.2. The number of hydrogen-bond donors (Lipinski definition) is 1. The third kappa shape index (κ3) is 3.47. The van der Waals surface area contributed by atoms with Crippen LogP contribution in [0.5, 0.6) is 0 Å². The minimum Gasteiger partial charge on any atom is -0.392 e. The molecule has 1 aromatic carbocycles. The molecule has 2 rings (SSSR count). The summed E-state index contributed by atoms with van der Waals surface area (Å²) in [6, 6.07) is 6.58. The summed E-state index contributed by atoms with van der Waals surface area (Å²) in [7, 11) is 0. The molecule has 88 valence electrons. The predicted octanol–water partition coefficient (Wildman–Crippen LogP) is 1.98. The Morgan fingerprint density at radius 3 is 2.75 bits per heavy atom. The minimum atomic E-state index is -0.188. The molecule has 1 aliphatic rings. The van der Waals surface area contributed by atoms with Crippen LogP contribution in [0.25, 0.3) is 0 Å². The maximum atomic E-state index is 12.7. The molecule has 0 unspecified atom stereocenters. The smallest absolute Gasteiger partial charge is 0.123 e. The molecular formula is C12H16FNOS. The van der Waals surface area contributed by atoms with Crippen LogP contribution in [0.3, 0.4) is 0 Å². The number of rotatable bonds is 4. The average molecular weight is 241 g/mol. The first kappa shape index (κ1) is 11.9. The molecule has 0 bridgehead atoms. The van der Waals surface area contributed by atoms with Gasteiger partial charge in [0.2, 0.25) is 0 Å². The fourth-order valence-corrected chi connectivity index (χ4v) is 2.75. The first-order valence-electron chi connectivity index (χ1n) is 5.53. The Balaban J connectivity index is 1.70. The number of hydrogen-bond acceptors (Lipinski definition) is 3. The Labute approximate surface area is 99.5 Å². The quantitative estimate of drug-likeness (QED) is 0.815. The molecule has 2 nitrogen and oxygen atoms in total. The molecule has 0 saturated carbocycles. The van der Waals surface area contributed by atoms with E-state index < -0.39 is 0 Å². The number of nitrogens with zero attached hydrogens (tertiary/aromatic N) is 1. The topological polar surface area (TPSA) is 23.5 Å². The highest BCUT2D eigenvalue weighted by molar-refractivity contribution is 7.99. The Hall–Kier alpha value is -0.580. The summed E-state index contributed by atoms with van der Waals surface area (Å²) in [5.41, 5.74) is 0. The lowest BCUT2D eigenvalue weighted by Crippen LogP contribution is -2.24. The average Bonchev–Trinajstić information content (AvgIpc) is 2.67. The Kier molecular flexibility index (Phi) is 4.21. The number of benzene rings is 1. The normalized spacial score (nSPS) is 21.5. The van der Waals surface area contributed by atoms with Gasteiger partial charge in [-0.05, 0) is 30.7 Å². The van der Waals surface area contributed by atoms with Gasteiger partial charge in [0.05, 0.1) is 6.10 Å². The summed E-state index contributed by atoms with van der Waals surface area (Å²) in [6.07, 6.45) is 0.747.